The molecule has 0 heterocycles. The molecule has 4 aromatic rings. The molecule has 1 fully saturated rings. The second kappa shape index (κ2) is 16.3. The summed E-state index contributed by atoms with van der Waals surface area (Å²) >= 11 is 14.7. The lowest BCUT2D eigenvalue weighted by Gasteiger charge is -2.34. The van der Waals surface area contributed by atoms with Gasteiger partial charge in [0.2, 0.25) is 11.8 Å². The lowest BCUT2D eigenvalue weighted by molar-refractivity contribution is -0.140. The van der Waals surface area contributed by atoms with Gasteiger partial charge < -0.3 is 10.2 Å². The fraction of sp³-hybridized carbons (Fsp3) is 0.297. The fourth-order valence-corrected chi connectivity index (χ4v) is 8.23. The highest BCUT2D eigenvalue weighted by molar-refractivity contribution is 7.98. The number of nitrogens with zero attached hydrogens (tertiary/aromatic N) is 2. The van der Waals surface area contributed by atoms with E-state index in [1.54, 1.807) is 66.7 Å². The van der Waals surface area contributed by atoms with Gasteiger partial charge in [-0.15, -0.1) is 11.8 Å². The van der Waals surface area contributed by atoms with E-state index in [1.807, 2.05) is 43.5 Å². The molecule has 48 heavy (non-hydrogen) atoms. The predicted octanol–water partition coefficient (Wildman–Crippen LogP) is 7.92. The van der Waals surface area contributed by atoms with Crippen LogP contribution < -0.4 is 9.62 Å². The number of thioether (sulfide) groups is 1. The molecule has 4 aromatic carbocycles. The number of halogens is 2. The molecule has 1 saturated carbocycles. The first-order valence-corrected chi connectivity index (χ1v) is 19.3. The number of hydrogen-bond acceptors (Lipinski definition) is 5. The molecule has 252 valence electrons. The van der Waals surface area contributed by atoms with Crippen LogP contribution in [-0.2, 0) is 32.6 Å². The molecule has 0 aromatic heterocycles. The molecule has 0 radical (unpaired) electrons. The van der Waals surface area contributed by atoms with E-state index < -0.39 is 28.5 Å². The number of sulfonamides is 1. The van der Waals surface area contributed by atoms with Crippen molar-refractivity contribution in [3.8, 4) is 0 Å². The van der Waals surface area contributed by atoms with Gasteiger partial charge in [-0.05, 0) is 80.1 Å². The average Bonchev–Trinajstić information content (AvgIpc) is 3.60. The smallest absolute Gasteiger partial charge is 0.264 e. The van der Waals surface area contributed by atoms with Gasteiger partial charge in [-0.25, -0.2) is 8.42 Å². The minimum absolute atomic E-state index is 0.00492. The maximum atomic E-state index is 14.7. The summed E-state index contributed by atoms with van der Waals surface area (Å²) in [6.07, 6.45) is 5.89. The van der Waals surface area contributed by atoms with E-state index in [4.69, 9.17) is 23.2 Å². The third kappa shape index (κ3) is 8.74. The summed E-state index contributed by atoms with van der Waals surface area (Å²) in [6.45, 7) is 1.25. The predicted molar refractivity (Wildman–Crippen MR) is 195 cm³/mol. The number of nitrogens with one attached hydrogen (secondary N) is 1. The molecule has 0 saturated heterocycles. The molecule has 5 rings (SSSR count). The summed E-state index contributed by atoms with van der Waals surface area (Å²) in [4.78, 5) is 31.3. The molecule has 1 aliphatic carbocycles. The van der Waals surface area contributed by atoms with Crippen LogP contribution in [-0.4, -0.2) is 50.0 Å². The van der Waals surface area contributed by atoms with E-state index in [0.717, 1.165) is 46.0 Å². The van der Waals surface area contributed by atoms with Crippen LogP contribution in [0.3, 0.4) is 0 Å². The Morgan fingerprint density at radius 3 is 2.10 bits per heavy atom. The topological polar surface area (TPSA) is 86.8 Å². The van der Waals surface area contributed by atoms with Crippen LogP contribution in [0.2, 0.25) is 10.0 Å². The molecular formula is C37H39Cl2N3O4S2. The Hall–Kier alpha value is -3.50. The zero-order chi connectivity index (χ0) is 34.3. The van der Waals surface area contributed by atoms with Gasteiger partial charge in [0.1, 0.15) is 12.6 Å². The van der Waals surface area contributed by atoms with Crippen molar-refractivity contribution in [1.82, 2.24) is 10.2 Å². The summed E-state index contributed by atoms with van der Waals surface area (Å²) in [5, 5.41) is 3.85. The first-order chi connectivity index (χ1) is 23.1. The van der Waals surface area contributed by atoms with Crippen molar-refractivity contribution < 1.29 is 18.0 Å². The highest BCUT2D eigenvalue weighted by atomic mass is 35.5. The molecule has 0 spiro atoms. The number of carbonyl (C=O) groups excluding carboxylic acids is 2. The summed E-state index contributed by atoms with van der Waals surface area (Å²) in [6, 6.07) is 27.1. The maximum absolute atomic E-state index is 14.7. The SMILES string of the molecule is CSc1ccc(S(=O)(=O)N(CC(=O)N(Cc2c(Cl)cccc2Cl)[C@@H](Cc2ccccc2)C(=O)NC2CCCC2)c2ccc(C)cc2)cc1. The van der Waals surface area contributed by atoms with Crippen molar-refractivity contribution in [2.24, 2.45) is 0 Å². The highest BCUT2D eigenvalue weighted by Crippen LogP contribution is 2.30. The van der Waals surface area contributed by atoms with Gasteiger partial charge in [0.05, 0.1) is 10.6 Å². The van der Waals surface area contributed by atoms with Crippen molar-refractivity contribution in [2.75, 3.05) is 17.1 Å². The van der Waals surface area contributed by atoms with Gasteiger partial charge in [0.25, 0.3) is 10.0 Å². The van der Waals surface area contributed by atoms with E-state index in [1.165, 1.54) is 16.7 Å². The lowest BCUT2D eigenvalue weighted by atomic mass is 10.0. The van der Waals surface area contributed by atoms with Crippen molar-refractivity contribution in [2.45, 2.75) is 67.4 Å². The Labute approximate surface area is 297 Å². The first-order valence-electron chi connectivity index (χ1n) is 15.9. The van der Waals surface area contributed by atoms with Gasteiger partial charge in [-0.2, -0.15) is 0 Å². The minimum atomic E-state index is -4.21. The molecule has 0 unspecified atom stereocenters. The first kappa shape index (κ1) is 35.8. The average molecular weight is 725 g/mol. The third-order valence-electron chi connectivity index (χ3n) is 8.61. The zero-order valence-corrected chi connectivity index (χ0v) is 30.1. The molecule has 0 aliphatic heterocycles. The van der Waals surface area contributed by atoms with Crippen molar-refractivity contribution >= 4 is 62.5 Å². The van der Waals surface area contributed by atoms with Crippen LogP contribution in [0.4, 0.5) is 5.69 Å². The highest BCUT2D eigenvalue weighted by Gasteiger charge is 2.36. The second-order valence-electron chi connectivity index (χ2n) is 11.9. The van der Waals surface area contributed by atoms with Crippen LogP contribution >= 0.6 is 35.0 Å². The minimum Gasteiger partial charge on any atom is -0.352 e. The van der Waals surface area contributed by atoms with Gasteiger partial charge in [-0.1, -0.05) is 90.1 Å². The number of hydrogen-bond donors (Lipinski definition) is 1. The Morgan fingerprint density at radius 2 is 1.50 bits per heavy atom. The normalized spacial score (nSPS) is 14.0. The lowest BCUT2D eigenvalue weighted by Crippen LogP contribution is -2.54. The Balaban J connectivity index is 1.59. The standard InChI is InChI=1S/C37H39Cl2N3O4S2/c1-26-15-17-29(18-16-26)42(48(45,46)31-21-19-30(47-2)20-22-31)25-36(43)41(24-32-33(38)13-8-14-34(32)39)35(23-27-9-4-3-5-10-27)37(44)40-28-11-6-7-12-28/h3-5,8-10,13-22,28,35H,6-7,11-12,23-25H2,1-2H3,(H,40,44)/t35-/m0/s1. The van der Waals surface area contributed by atoms with Gasteiger partial charge in [0.15, 0.2) is 0 Å². The van der Waals surface area contributed by atoms with Crippen LogP contribution in [0.15, 0.2) is 107 Å². The fourth-order valence-electron chi connectivity index (χ4n) is 5.89. The van der Waals surface area contributed by atoms with E-state index in [-0.39, 0.29) is 29.8 Å². The van der Waals surface area contributed by atoms with Crippen molar-refractivity contribution in [1.29, 1.82) is 0 Å². The molecule has 1 N–H and O–H groups in total. The Morgan fingerprint density at radius 1 is 0.875 bits per heavy atom. The number of amides is 2. The number of benzene rings is 4. The van der Waals surface area contributed by atoms with Crippen LogP contribution in [0, 0.1) is 6.92 Å². The van der Waals surface area contributed by atoms with E-state index in [0.29, 0.717) is 21.3 Å². The molecular weight excluding hydrogens is 685 g/mol. The largest absolute Gasteiger partial charge is 0.352 e. The third-order valence-corrected chi connectivity index (χ3v) is 11.9. The van der Waals surface area contributed by atoms with E-state index >= 15 is 0 Å². The molecule has 1 aliphatic rings. The monoisotopic (exact) mass is 723 g/mol. The van der Waals surface area contributed by atoms with E-state index in [9.17, 15) is 18.0 Å². The van der Waals surface area contributed by atoms with Gasteiger partial charge >= 0.3 is 0 Å². The molecule has 11 heteroatoms. The Bertz CT molecular complexity index is 1800. The number of rotatable bonds is 13. The molecule has 2 amide bonds. The summed E-state index contributed by atoms with van der Waals surface area (Å²) in [7, 11) is -4.21. The van der Waals surface area contributed by atoms with Crippen LogP contribution in [0.5, 0.6) is 0 Å². The Kier molecular flexibility index (Phi) is 12.1. The van der Waals surface area contributed by atoms with Crippen molar-refractivity contribution in [3.63, 3.8) is 0 Å². The second-order valence-corrected chi connectivity index (χ2v) is 15.5. The number of aryl methyl sites for hydroxylation is 1. The maximum Gasteiger partial charge on any atom is 0.264 e. The summed E-state index contributed by atoms with van der Waals surface area (Å²) in [5.41, 5.74) is 2.59. The summed E-state index contributed by atoms with van der Waals surface area (Å²) < 4.78 is 29.7. The van der Waals surface area contributed by atoms with E-state index in [2.05, 4.69) is 5.32 Å². The zero-order valence-electron chi connectivity index (χ0n) is 26.9. The molecule has 0 bridgehead atoms. The molecule has 1 atom stereocenters. The molecule has 7 nitrogen and oxygen atoms in total. The number of carbonyl (C=O) groups is 2. The van der Waals surface area contributed by atoms with Crippen LogP contribution in [0.25, 0.3) is 0 Å². The summed E-state index contributed by atoms with van der Waals surface area (Å²) in [5.74, 6) is -0.877. The van der Waals surface area contributed by atoms with Gasteiger partial charge in [0, 0.05) is 39.5 Å². The van der Waals surface area contributed by atoms with Gasteiger partial charge in [-0.3, -0.25) is 13.9 Å². The number of anilines is 1. The van der Waals surface area contributed by atoms with Crippen molar-refractivity contribution in [3.05, 3.63) is 124 Å². The quantitative estimate of drug-likeness (QED) is 0.142. The van der Waals surface area contributed by atoms with Crippen LogP contribution in [0.1, 0.15) is 42.4 Å².